The van der Waals surface area contributed by atoms with Gasteiger partial charge in [-0.1, -0.05) is 87.3 Å². The predicted molar refractivity (Wildman–Crippen MR) is 221 cm³/mol. The van der Waals surface area contributed by atoms with Crippen molar-refractivity contribution in [1.29, 1.82) is 0 Å². The van der Waals surface area contributed by atoms with Gasteiger partial charge in [0.2, 0.25) is 11.8 Å². The summed E-state index contributed by atoms with van der Waals surface area (Å²) in [7, 11) is 0.911. The Morgan fingerprint density at radius 2 is 1.14 bits per heavy atom. The van der Waals surface area contributed by atoms with Gasteiger partial charge in [0.05, 0.1) is 58.2 Å². The van der Waals surface area contributed by atoms with E-state index in [0.717, 1.165) is 89.9 Å². The van der Waals surface area contributed by atoms with Crippen LogP contribution in [0.1, 0.15) is 75.1 Å². The molecule has 0 bridgehead atoms. The van der Waals surface area contributed by atoms with Crippen LogP contribution in [-0.2, 0) is 19.1 Å². The Kier molecular flexibility index (Phi) is 11.2. The Morgan fingerprint density at radius 3 is 1.60 bits per heavy atom. The lowest BCUT2D eigenvalue weighted by Crippen LogP contribution is -2.49. The summed E-state index contributed by atoms with van der Waals surface area (Å²) in [5.74, 6) is 2.30. The van der Waals surface area contributed by atoms with E-state index in [1.165, 1.54) is 14.2 Å². The van der Waals surface area contributed by atoms with Gasteiger partial charge < -0.3 is 39.9 Å². The number of carbonyl (C=O) groups excluding carboxylic acids is 4. The Morgan fingerprint density at radius 1 is 0.690 bits per heavy atom. The van der Waals surface area contributed by atoms with E-state index in [1.54, 1.807) is 0 Å². The van der Waals surface area contributed by atoms with Crippen molar-refractivity contribution in [2.24, 2.45) is 11.8 Å². The number of likely N-dealkylation sites (tertiary alicyclic amines) is 1. The number of carbonyl (C=O) groups is 4. The molecule has 2 saturated carbocycles. The van der Waals surface area contributed by atoms with Gasteiger partial charge in [-0.15, -0.1) is 0 Å². The lowest BCUT2D eigenvalue weighted by molar-refractivity contribution is -0.135. The number of ether oxygens (including phenoxy) is 2. The van der Waals surface area contributed by atoms with Crippen LogP contribution in [0.3, 0.4) is 0 Å². The van der Waals surface area contributed by atoms with Gasteiger partial charge in [-0.25, -0.2) is 19.6 Å². The Hall–Kier alpha value is -5.44. The Balaban J connectivity index is 0.922. The summed E-state index contributed by atoms with van der Waals surface area (Å²) in [6.07, 6.45) is 10.5. The third-order valence-electron chi connectivity index (χ3n) is 12.2. The summed E-state index contributed by atoms with van der Waals surface area (Å²) in [4.78, 5) is 72.2. The number of aromatic nitrogens is 4. The molecule has 58 heavy (non-hydrogen) atoms. The van der Waals surface area contributed by atoms with Gasteiger partial charge in [0.25, 0.3) is 0 Å². The molecule has 2 saturated heterocycles. The molecule has 306 valence electrons. The second kappa shape index (κ2) is 16.4. The summed E-state index contributed by atoms with van der Waals surface area (Å²) in [5.41, 5.74) is 5.89. The van der Waals surface area contributed by atoms with E-state index in [4.69, 9.17) is 19.4 Å². The van der Waals surface area contributed by atoms with E-state index in [0.29, 0.717) is 37.4 Å². The van der Waals surface area contributed by atoms with Crippen molar-refractivity contribution >= 4 is 32.1 Å². The molecule has 4 fully saturated rings. The quantitative estimate of drug-likeness (QED) is 0.105. The third kappa shape index (κ3) is 8.83. The first-order valence-corrected chi connectivity index (χ1v) is 24.0. The molecule has 4 N–H and O–H groups in total. The zero-order chi connectivity index (χ0) is 40.6. The van der Waals surface area contributed by atoms with Gasteiger partial charge in [0.1, 0.15) is 23.7 Å². The molecule has 2 aliphatic carbocycles. The SMILES string of the molecule is COC(=O)N[C@@H](CC1CC1)C(=O)N1CCC[C@H]1c1ncc(-c2ccc(-c3ccc(-c4cnc([C@@H]5C[Si](C)(C)CN5C(=O)[C@H](CC5CC5)NC(=O)OC)[nH]4)cc3)cc2)[nH]1. The Labute approximate surface area is 339 Å². The van der Waals surface area contributed by atoms with E-state index in [-0.39, 0.29) is 23.9 Å². The smallest absolute Gasteiger partial charge is 0.407 e. The van der Waals surface area contributed by atoms with Crippen molar-refractivity contribution in [3.63, 3.8) is 0 Å². The molecule has 2 aliphatic heterocycles. The summed E-state index contributed by atoms with van der Waals surface area (Å²) < 4.78 is 9.67. The maximum absolute atomic E-state index is 14.0. The van der Waals surface area contributed by atoms with Crippen LogP contribution in [0.15, 0.2) is 60.9 Å². The van der Waals surface area contributed by atoms with Crippen LogP contribution >= 0.6 is 0 Å². The number of aromatic amines is 2. The summed E-state index contributed by atoms with van der Waals surface area (Å²) in [6.45, 7) is 5.22. The molecular weight excluding hydrogens is 753 g/mol. The minimum absolute atomic E-state index is 0.0578. The highest BCUT2D eigenvalue weighted by molar-refractivity contribution is 6.78. The number of rotatable bonds is 13. The van der Waals surface area contributed by atoms with Crippen molar-refractivity contribution in [2.75, 3.05) is 26.9 Å². The topological polar surface area (TPSA) is 175 Å². The van der Waals surface area contributed by atoms with E-state index in [2.05, 4.69) is 82.2 Å². The van der Waals surface area contributed by atoms with Gasteiger partial charge in [-0.05, 0) is 65.8 Å². The van der Waals surface area contributed by atoms with Crippen LogP contribution < -0.4 is 10.6 Å². The van der Waals surface area contributed by atoms with Gasteiger partial charge in [0.15, 0.2) is 0 Å². The number of benzene rings is 2. The van der Waals surface area contributed by atoms with Crippen LogP contribution in [0.5, 0.6) is 0 Å². The zero-order valence-electron chi connectivity index (χ0n) is 33.8. The standard InChI is InChI=1S/C43H54N8O6Si/c1-56-42(54)48-32(20-26-7-8-26)40(52)50-19-5-6-36(50)38-44-22-34(46-38)30-15-11-28(12-16-30)29-13-17-31(18-14-29)35-23-45-39(47-35)37-24-58(3,4)25-51(37)41(53)33(21-27-9-10-27)49-43(55)57-2/h11-18,22-23,26-27,32-33,36-37H,5-10,19-21,24-25H2,1-4H3,(H,44,46)(H,45,47)(H,48,54)(H,49,55)/t32-,33-,36-,37-/m0/s1. The molecule has 4 aromatic rings. The molecule has 4 amide bonds. The maximum Gasteiger partial charge on any atom is 0.407 e. The van der Waals surface area contributed by atoms with E-state index in [9.17, 15) is 19.2 Å². The van der Waals surface area contributed by atoms with Gasteiger partial charge in [0, 0.05) is 12.7 Å². The number of imidazole rings is 2. The largest absolute Gasteiger partial charge is 0.453 e. The molecule has 4 aliphatic rings. The maximum atomic E-state index is 14.0. The van der Waals surface area contributed by atoms with Crippen LogP contribution in [0.4, 0.5) is 9.59 Å². The molecule has 4 heterocycles. The van der Waals surface area contributed by atoms with Crippen LogP contribution in [0.2, 0.25) is 19.1 Å². The number of alkyl carbamates (subject to hydrolysis) is 2. The average Bonchev–Trinajstić information content (AvgIpc) is 3.95. The number of hydrogen-bond donors (Lipinski definition) is 4. The minimum Gasteiger partial charge on any atom is -0.453 e. The molecule has 0 radical (unpaired) electrons. The summed E-state index contributed by atoms with van der Waals surface area (Å²) in [6, 6.07) is 16.0. The molecule has 14 nitrogen and oxygen atoms in total. The normalized spacial score (nSPS) is 21.0. The number of methoxy groups -OCH3 is 2. The average molecular weight is 807 g/mol. The fourth-order valence-electron chi connectivity index (χ4n) is 8.67. The number of nitrogens with one attached hydrogen (secondary N) is 4. The van der Waals surface area contributed by atoms with E-state index in [1.807, 2.05) is 22.2 Å². The van der Waals surface area contributed by atoms with Gasteiger partial charge in [-0.3, -0.25) is 9.59 Å². The summed E-state index contributed by atoms with van der Waals surface area (Å²) >= 11 is 0. The third-order valence-corrected chi connectivity index (χ3v) is 14.9. The molecule has 0 spiro atoms. The number of hydrogen-bond acceptors (Lipinski definition) is 8. The Bertz CT molecular complexity index is 2130. The minimum atomic E-state index is -1.73. The fourth-order valence-corrected chi connectivity index (χ4v) is 11.6. The van der Waals surface area contributed by atoms with Crippen molar-refractivity contribution in [3.05, 3.63) is 72.6 Å². The highest BCUT2D eigenvalue weighted by atomic mass is 28.3. The van der Waals surface area contributed by atoms with Crippen molar-refractivity contribution in [1.82, 2.24) is 40.4 Å². The monoisotopic (exact) mass is 806 g/mol. The van der Waals surface area contributed by atoms with Crippen molar-refractivity contribution in [3.8, 4) is 33.6 Å². The first-order chi connectivity index (χ1) is 28.0. The van der Waals surface area contributed by atoms with Crippen molar-refractivity contribution in [2.45, 2.75) is 94.7 Å². The van der Waals surface area contributed by atoms with E-state index < -0.39 is 32.3 Å². The van der Waals surface area contributed by atoms with Crippen LogP contribution in [0.25, 0.3) is 33.6 Å². The fraction of sp³-hybridized carbons (Fsp3) is 0.488. The number of nitrogens with zero attached hydrogens (tertiary/aromatic N) is 4. The molecule has 8 rings (SSSR count). The van der Waals surface area contributed by atoms with Crippen LogP contribution in [0, 0.1) is 11.8 Å². The molecular formula is C43H54N8O6Si. The molecule has 2 aromatic carbocycles. The summed E-state index contributed by atoms with van der Waals surface area (Å²) in [5, 5.41) is 5.58. The molecule has 2 aromatic heterocycles. The number of amides is 4. The number of H-pyrrole nitrogens is 2. The van der Waals surface area contributed by atoms with E-state index >= 15 is 0 Å². The predicted octanol–water partition coefficient (Wildman–Crippen LogP) is 6.98. The van der Waals surface area contributed by atoms with Gasteiger partial charge >= 0.3 is 12.2 Å². The molecule has 4 atom stereocenters. The lowest BCUT2D eigenvalue weighted by atomic mass is 10.0. The van der Waals surface area contributed by atoms with Gasteiger partial charge in [-0.2, -0.15) is 0 Å². The van der Waals surface area contributed by atoms with Crippen molar-refractivity contribution < 1.29 is 28.7 Å². The molecule has 0 unspecified atom stereocenters. The first kappa shape index (κ1) is 39.4. The lowest BCUT2D eigenvalue weighted by Gasteiger charge is -2.28. The zero-order valence-corrected chi connectivity index (χ0v) is 34.8. The highest BCUT2D eigenvalue weighted by Gasteiger charge is 2.46. The second-order valence-corrected chi connectivity index (χ2v) is 22.3. The highest BCUT2D eigenvalue weighted by Crippen LogP contribution is 2.40. The first-order valence-electron chi connectivity index (χ1n) is 20.6. The molecule has 15 heteroatoms. The van der Waals surface area contributed by atoms with Crippen LogP contribution in [-0.4, -0.2) is 101 Å². The second-order valence-electron chi connectivity index (χ2n) is 17.3.